The van der Waals surface area contributed by atoms with Crippen LogP contribution in [0.2, 0.25) is 0 Å². The van der Waals surface area contributed by atoms with Gasteiger partial charge in [0.1, 0.15) is 5.60 Å². The topological polar surface area (TPSA) is 88.2 Å². The number of hydrogen-bond donors (Lipinski definition) is 2. The fourth-order valence-corrected chi connectivity index (χ4v) is 3.15. The first-order chi connectivity index (χ1) is 11.6. The van der Waals surface area contributed by atoms with Crippen molar-refractivity contribution in [3.63, 3.8) is 0 Å². The number of aromatic nitrogens is 4. The summed E-state index contributed by atoms with van der Waals surface area (Å²) in [5.41, 5.74) is -0.169. The summed E-state index contributed by atoms with van der Waals surface area (Å²) in [7, 11) is 0. The van der Waals surface area contributed by atoms with Crippen LogP contribution in [0.15, 0.2) is 18.5 Å². The molecule has 0 aromatic carbocycles. The van der Waals surface area contributed by atoms with Gasteiger partial charge in [0.2, 0.25) is 11.8 Å². The van der Waals surface area contributed by atoms with Gasteiger partial charge in [-0.25, -0.2) is 5.10 Å². The van der Waals surface area contributed by atoms with Gasteiger partial charge >= 0.3 is 6.61 Å². The first kappa shape index (κ1) is 15.1. The molecule has 24 heavy (non-hydrogen) atoms. The normalized spacial score (nSPS) is 25.2. The molecule has 0 radical (unpaired) electrons. The molecule has 2 fully saturated rings. The van der Waals surface area contributed by atoms with Crippen LogP contribution in [0.1, 0.15) is 12.8 Å². The number of piperidine rings is 1. The van der Waals surface area contributed by atoms with Gasteiger partial charge in [0, 0.05) is 38.5 Å². The number of anilines is 2. The quantitative estimate of drug-likeness (QED) is 0.830. The van der Waals surface area contributed by atoms with Crippen LogP contribution in [0.5, 0.6) is 11.8 Å². The minimum absolute atomic E-state index is 0.135. The summed E-state index contributed by atoms with van der Waals surface area (Å²) in [6, 6.07) is 1.31. The first-order valence-electron chi connectivity index (χ1n) is 7.61. The van der Waals surface area contributed by atoms with E-state index in [0.717, 1.165) is 32.5 Å². The van der Waals surface area contributed by atoms with Crippen molar-refractivity contribution in [1.82, 2.24) is 25.1 Å². The molecule has 2 N–H and O–H groups in total. The molecule has 0 spiro atoms. The standard InChI is InChI=1S/C14H16F2N6O2/c15-13(16)23-11-5-9(20-21-11)18-10-6-17-7-12(19-10)24-14-1-3-22(8-14)4-2-14/h5-7,13H,1-4,8H2,(H2,18,19,20,21). The van der Waals surface area contributed by atoms with Crippen molar-refractivity contribution < 1.29 is 18.3 Å². The molecule has 2 bridgehead atoms. The third-order valence-electron chi connectivity index (χ3n) is 4.24. The van der Waals surface area contributed by atoms with E-state index in [1.807, 2.05) is 0 Å². The molecular weight excluding hydrogens is 322 g/mol. The number of halogens is 2. The largest absolute Gasteiger partial charge is 0.468 e. The molecule has 0 amide bonds. The Kier molecular flexibility index (Phi) is 3.68. The summed E-state index contributed by atoms with van der Waals surface area (Å²) in [6.07, 6.45) is 5.04. The zero-order valence-corrected chi connectivity index (χ0v) is 12.7. The van der Waals surface area contributed by atoms with Crippen molar-refractivity contribution in [2.24, 2.45) is 0 Å². The summed E-state index contributed by atoms with van der Waals surface area (Å²) in [5.74, 6) is 1.00. The Morgan fingerprint density at radius 3 is 2.79 bits per heavy atom. The highest BCUT2D eigenvalue weighted by Crippen LogP contribution is 2.36. The molecule has 2 aliphatic heterocycles. The number of nitrogens with zero attached hydrogens (tertiary/aromatic N) is 4. The zero-order chi connectivity index (χ0) is 16.6. The van der Waals surface area contributed by atoms with Gasteiger partial charge in [-0.1, -0.05) is 0 Å². The molecular formula is C14H16F2N6O2. The second kappa shape index (κ2) is 5.86. The molecule has 2 aromatic rings. The average Bonchev–Trinajstić information content (AvgIpc) is 3.23. The van der Waals surface area contributed by atoms with E-state index >= 15 is 0 Å². The van der Waals surface area contributed by atoms with Gasteiger partial charge in [0.15, 0.2) is 11.6 Å². The molecule has 2 aromatic heterocycles. The van der Waals surface area contributed by atoms with Crippen molar-refractivity contribution in [2.45, 2.75) is 25.1 Å². The van der Waals surface area contributed by atoms with Crippen LogP contribution < -0.4 is 14.8 Å². The average molecular weight is 338 g/mol. The molecule has 2 saturated heterocycles. The molecule has 10 heteroatoms. The Bertz CT molecular complexity index is 717. The highest BCUT2D eigenvalue weighted by atomic mass is 19.3. The summed E-state index contributed by atoms with van der Waals surface area (Å²) in [4.78, 5) is 10.8. The second-order valence-corrected chi connectivity index (χ2v) is 5.92. The van der Waals surface area contributed by atoms with Gasteiger partial charge in [0.05, 0.1) is 12.4 Å². The number of rotatable bonds is 6. The lowest BCUT2D eigenvalue weighted by atomic mass is 10.00. The van der Waals surface area contributed by atoms with Crippen LogP contribution in [-0.2, 0) is 0 Å². The molecule has 0 atom stereocenters. The zero-order valence-electron chi connectivity index (χ0n) is 12.7. The second-order valence-electron chi connectivity index (χ2n) is 5.92. The number of hydrogen-bond acceptors (Lipinski definition) is 7. The Labute approximate surface area is 136 Å². The molecule has 0 saturated carbocycles. The Hall–Kier alpha value is -2.49. The van der Waals surface area contributed by atoms with Crippen LogP contribution in [0.3, 0.4) is 0 Å². The number of nitrogens with one attached hydrogen (secondary N) is 2. The molecule has 4 heterocycles. The van der Waals surface area contributed by atoms with E-state index in [0.29, 0.717) is 17.5 Å². The maximum Gasteiger partial charge on any atom is 0.388 e. The first-order valence-corrected chi connectivity index (χ1v) is 7.61. The third kappa shape index (κ3) is 3.09. The predicted octanol–water partition coefficient (Wildman–Crippen LogP) is 1.77. The van der Waals surface area contributed by atoms with Gasteiger partial charge in [-0.05, 0) is 0 Å². The van der Waals surface area contributed by atoms with Gasteiger partial charge in [-0.2, -0.15) is 18.9 Å². The van der Waals surface area contributed by atoms with Gasteiger partial charge in [-0.3, -0.25) is 9.88 Å². The smallest absolute Gasteiger partial charge is 0.388 e. The highest BCUT2D eigenvalue weighted by Gasteiger charge is 2.46. The summed E-state index contributed by atoms with van der Waals surface area (Å²) >= 11 is 0. The van der Waals surface area contributed by atoms with E-state index in [2.05, 4.69) is 35.1 Å². The van der Waals surface area contributed by atoms with E-state index in [9.17, 15) is 8.78 Å². The monoisotopic (exact) mass is 338 g/mol. The number of ether oxygens (including phenoxy) is 2. The maximum atomic E-state index is 12.1. The number of alkyl halides is 2. The van der Waals surface area contributed by atoms with E-state index in [4.69, 9.17) is 4.74 Å². The van der Waals surface area contributed by atoms with E-state index in [1.54, 1.807) is 6.20 Å². The van der Waals surface area contributed by atoms with Crippen LogP contribution >= 0.6 is 0 Å². The van der Waals surface area contributed by atoms with Crippen molar-refractivity contribution in [3.8, 4) is 11.8 Å². The van der Waals surface area contributed by atoms with Crippen LogP contribution in [0, 0.1) is 0 Å². The fourth-order valence-electron chi connectivity index (χ4n) is 3.15. The maximum absolute atomic E-state index is 12.1. The molecule has 0 aliphatic carbocycles. The number of H-pyrrole nitrogens is 1. The molecule has 2 aliphatic rings. The van der Waals surface area contributed by atoms with Crippen molar-refractivity contribution in [3.05, 3.63) is 18.5 Å². The minimum atomic E-state index is -2.91. The third-order valence-corrected chi connectivity index (χ3v) is 4.24. The summed E-state index contributed by atoms with van der Waals surface area (Å²) in [6.45, 7) is 0.100. The van der Waals surface area contributed by atoms with Crippen molar-refractivity contribution in [1.29, 1.82) is 0 Å². The molecule has 8 nitrogen and oxygen atoms in total. The lowest BCUT2D eigenvalue weighted by molar-refractivity contribution is -0.0528. The van der Waals surface area contributed by atoms with E-state index in [-0.39, 0.29) is 11.5 Å². The lowest BCUT2D eigenvalue weighted by Gasteiger charge is -2.25. The number of fused-ring (bicyclic) bond motifs is 2. The van der Waals surface area contributed by atoms with Gasteiger partial charge < -0.3 is 14.8 Å². The van der Waals surface area contributed by atoms with Gasteiger partial charge in [-0.15, -0.1) is 0 Å². The van der Waals surface area contributed by atoms with E-state index < -0.39 is 6.61 Å². The van der Waals surface area contributed by atoms with Crippen LogP contribution in [-0.4, -0.2) is 56.9 Å². The lowest BCUT2D eigenvalue weighted by Crippen LogP contribution is -2.34. The van der Waals surface area contributed by atoms with Crippen LogP contribution in [0.25, 0.3) is 0 Å². The summed E-state index contributed by atoms with van der Waals surface area (Å²) in [5, 5.41) is 9.05. The Morgan fingerprint density at radius 2 is 2.08 bits per heavy atom. The van der Waals surface area contributed by atoms with Gasteiger partial charge in [0.25, 0.3) is 0 Å². The molecule has 128 valence electrons. The SMILES string of the molecule is FC(F)Oc1cc(Nc2cncc(OC34CCN(CC3)C4)n2)n[nH]1. The summed E-state index contributed by atoms with van der Waals surface area (Å²) < 4.78 is 34.6. The van der Waals surface area contributed by atoms with E-state index in [1.165, 1.54) is 12.3 Å². The van der Waals surface area contributed by atoms with Crippen molar-refractivity contribution in [2.75, 3.05) is 25.0 Å². The Morgan fingerprint density at radius 1 is 1.25 bits per heavy atom. The highest BCUT2D eigenvalue weighted by molar-refractivity contribution is 5.52. The molecule has 0 unspecified atom stereocenters. The number of aromatic amines is 1. The fraction of sp³-hybridized carbons (Fsp3) is 0.500. The van der Waals surface area contributed by atoms with Crippen molar-refractivity contribution >= 4 is 11.6 Å². The Balaban J connectivity index is 1.44. The van der Waals surface area contributed by atoms with Crippen LogP contribution in [0.4, 0.5) is 20.4 Å². The molecule has 4 rings (SSSR count). The predicted molar refractivity (Wildman–Crippen MR) is 79.6 cm³/mol. The minimum Gasteiger partial charge on any atom is -0.468 e.